The van der Waals surface area contributed by atoms with Gasteiger partial charge in [-0.25, -0.2) is 4.39 Å². The molecule has 1 unspecified atom stereocenters. The van der Waals surface area contributed by atoms with E-state index in [4.69, 9.17) is 5.11 Å². The van der Waals surface area contributed by atoms with Gasteiger partial charge in [-0.05, 0) is 35.9 Å². The van der Waals surface area contributed by atoms with Crippen LogP contribution in [-0.2, 0) is 0 Å². The molecule has 0 aliphatic carbocycles. The maximum absolute atomic E-state index is 12.9. The number of hydrogen-bond acceptors (Lipinski definition) is 2. The summed E-state index contributed by atoms with van der Waals surface area (Å²) in [6.07, 6.45) is -7.21. The molecular weight excluding hydrogens is 274 g/mol. The Hall–Kier alpha value is -2.08. The molecule has 1 atom stereocenters. The van der Waals surface area contributed by atoms with Crippen molar-refractivity contribution in [2.45, 2.75) is 12.3 Å². The average Bonchev–Trinajstić information content (AvgIpc) is 2.38. The molecule has 2 nitrogen and oxygen atoms in total. The van der Waals surface area contributed by atoms with Gasteiger partial charge in [0, 0.05) is 17.4 Å². The van der Waals surface area contributed by atoms with Crippen LogP contribution < -0.4 is 5.32 Å². The largest absolute Gasteiger partial charge is 0.418 e. The lowest BCUT2D eigenvalue weighted by Gasteiger charge is -2.15. The Morgan fingerprint density at radius 3 is 2.25 bits per heavy atom. The monoisotopic (exact) mass is 284 g/mol. The van der Waals surface area contributed by atoms with Crippen LogP contribution in [-0.4, -0.2) is 11.3 Å². The second kappa shape index (κ2) is 5.50. The van der Waals surface area contributed by atoms with Crippen molar-refractivity contribution in [2.75, 3.05) is 5.32 Å². The summed E-state index contributed by atoms with van der Waals surface area (Å²) >= 11 is 0. The Morgan fingerprint density at radius 2 is 1.70 bits per heavy atom. The summed E-state index contributed by atoms with van der Waals surface area (Å²) in [7, 11) is 0. The number of alkyl halides is 3. The van der Waals surface area contributed by atoms with Crippen molar-refractivity contribution >= 4 is 11.4 Å². The second-order valence-electron chi connectivity index (χ2n) is 4.12. The molecule has 0 bridgehead atoms. The zero-order valence-electron chi connectivity index (χ0n) is 10.1. The van der Waals surface area contributed by atoms with Crippen molar-refractivity contribution in [1.82, 2.24) is 0 Å². The van der Waals surface area contributed by atoms with Crippen molar-refractivity contribution in [3.05, 3.63) is 59.9 Å². The minimum Gasteiger partial charge on any atom is -0.379 e. The fourth-order valence-electron chi connectivity index (χ4n) is 1.62. The first kappa shape index (κ1) is 14.3. The van der Waals surface area contributed by atoms with Crippen molar-refractivity contribution < 1.29 is 22.7 Å². The first-order valence-corrected chi connectivity index (χ1v) is 5.65. The number of aliphatic hydroxyl groups is 1. The van der Waals surface area contributed by atoms with Gasteiger partial charge in [0.25, 0.3) is 0 Å². The zero-order chi connectivity index (χ0) is 14.8. The van der Waals surface area contributed by atoms with Crippen LogP contribution in [0.4, 0.5) is 28.9 Å². The second-order valence-corrected chi connectivity index (χ2v) is 4.12. The van der Waals surface area contributed by atoms with Crippen molar-refractivity contribution in [2.24, 2.45) is 0 Å². The van der Waals surface area contributed by atoms with E-state index >= 15 is 0 Å². The van der Waals surface area contributed by atoms with Gasteiger partial charge < -0.3 is 10.4 Å². The van der Waals surface area contributed by atoms with E-state index in [-0.39, 0.29) is 5.56 Å². The third-order valence-corrected chi connectivity index (χ3v) is 2.59. The summed E-state index contributed by atoms with van der Waals surface area (Å²) in [5.41, 5.74) is 0.676. The van der Waals surface area contributed by atoms with Gasteiger partial charge in [-0.1, -0.05) is 12.1 Å². The van der Waals surface area contributed by atoms with Crippen molar-refractivity contribution in [1.29, 1.82) is 0 Å². The molecule has 6 heteroatoms. The molecule has 105 valence electrons. The van der Waals surface area contributed by atoms with Crippen LogP contribution in [0.1, 0.15) is 11.7 Å². The van der Waals surface area contributed by atoms with E-state index < -0.39 is 18.1 Å². The Morgan fingerprint density at radius 1 is 1.05 bits per heavy atom. The Kier molecular flexibility index (Phi) is 3.94. The van der Waals surface area contributed by atoms with Crippen LogP contribution in [0, 0.1) is 11.9 Å². The lowest BCUT2D eigenvalue weighted by Crippen LogP contribution is -2.20. The highest BCUT2D eigenvalue weighted by atomic mass is 19.4. The Labute approximate surface area is 112 Å². The summed E-state index contributed by atoms with van der Waals surface area (Å²) in [5, 5.41) is 11.9. The van der Waals surface area contributed by atoms with E-state index in [9.17, 15) is 17.6 Å². The number of aliphatic hydroxyl groups excluding tert-OH is 1. The number of anilines is 2. The van der Waals surface area contributed by atoms with Gasteiger partial charge in [-0.2, -0.15) is 13.2 Å². The first-order valence-electron chi connectivity index (χ1n) is 5.65. The van der Waals surface area contributed by atoms with E-state index in [2.05, 4.69) is 11.4 Å². The van der Waals surface area contributed by atoms with E-state index in [1.807, 2.05) is 0 Å². The molecule has 0 saturated heterocycles. The molecule has 0 fully saturated rings. The molecule has 2 aromatic carbocycles. The summed E-state index contributed by atoms with van der Waals surface area (Å²) in [6, 6.07) is 11.6. The van der Waals surface area contributed by atoms with Crippen molar-refractivity contribution in [3.8, 4) is 0 Å². The van der Waals surface area contributed by atoms with Gasteiger partial charge in [0.05, 0.1) is 0 Å². The fraction of sp³-hybridized carbons (Fsp3) is 0.143. The minimum absolute atomic E-state index is 0.254. The molecule has 1 radical (unpaired) electrons. The summed E-state index contributed by atoms with van der Waals surface area (Å²) < 4.78 is 49.9. The minimum atomic E-state index is -4.70. The van der Waals surface area contributed by atoms with Crippen LogP contribution in [0.2, 0.25) is 0 Å². The van der Waals surface area contributed by atoms with Gasteiger partial charge in [-0.15, -0.1) is 0 Å². The standard InChI is InChI=1S/C14H10F4NO/c15-10-2-1-3-12(8-10)19-11-6-4-9(5-7-11)13(20)14(16,17)18/h1,3-8,13,19-20H. The molecule has 0 aliphatic rings. The molecule has 0 aliphatic heterocycles. The fourth-order valence-corrected chi connectivity index (χ4v) is 1.62. The maximum atomic E-state index is 12.9. The zero-order valence-corrected chi connectivity index (χ0v) is 10.1. The van der Waals surface area contributed by atoms with Crippen LogP contribution in [0.25, 0.3) is 0 Å². The van der Waals surface area contributed by atoms with Gasteiger partial charge in [0.1, 0.15) is 5.82 Å². The molecule has 0 heterocycles. The van der Waals surface area contributed by atoms with Gasteiger partial charge in [0.15, 0.2) is 6.10 Å². The number of nitrogens with one attached hydrogen (secondary N) is 1. The highest BCUT2D eigenvalue weighted by molar-refractivity contribution is 5.59. The maximum Gasteiger partial charge on any atom is 0.418 e. The number of benzene rings is 2. The predicted octanol–water partition coefficient (Wildman–Crippen LogP) is 3.97. The lowest BCUT2D eigenvalue weighted by molar-refractivity contribution is -0.206. The van der Waals surface area contributed by atoms with E-state index in [0.717, 1.165) is 12.1 Å². The van der Waals surface area contributed by atoms with E-state index in [1.54, 1.807) is 6.07 Å². The molecule has 2 N–H and O–H groups in total. The van der Waals surface area contributed by atoms with Crippen LogP contribution in [0.15, 0.2) is 42.5 Å². The number of halogens is 4. The third-order valence-electron chi connectivity index (χ3n) is 2.59. The first-order chi connectivity index (χ1) is 9.36. The van der Waals surface area contributed by atoms with Crippen LogP contribution in [0.5, 0.6) is 0 Å². The molecular formula is C14H10F4NO. The summed E-state index contributed by atoms with van der Waals surface area (Å²) in [4.78, 5) is 0. The van der Waals surface area contributed by atoms with Crippen LogP contribution >= 0.6 is 0 Å². The highest BCUT2D eigenvalue weighted by Crippen LogP contribution is 2.33. The Balaban J connectivity index is 2.13. The summed E-state index contributed by atoms with van der Waals surface area (Å²) in [6.45, 7) is 0. The average molecular weight is 284 g/mol. The Bertz CT molecular complexity index is 580. The van der Waals surface area contributed by atoms with E-state index in [1.165, 1.54) is 24.3 Å². The summed E-state index contributed by atoms with van der Waals surface area (Å²) in [5.74, 6) is -0.542. The van der Waals surface area contributed by atoms with Gasteiger partial charge in [-0.3, -0.25) is 0 Å². The topological polar surface area (TPSA) is 32.3 Å². The van der Waals surface area contributed by atoms with Gasteiger partial charge >= 0.3 is 6.18 Å². The molecule has 0 amide bonds. The smallest absolute Gasteiger partial charge is 0.379 e. The molecule has 2 aromatic rings. The van der Waals surface area contributed by atoms with Crippen molar-refractivity contribution in [3.63, 3.8) is 0 Å². The van der Waals surface area contributed by atoms with Gasteiger partial charge in [0.2, 0.25) is 0 Å². The highest BCUT2D eigenvalue weighted by Gasteiger charge is 2.39. The van der Waals surface area contributed by atoms with E-state index in [0.29, 0.717) is 11.4 Å². The predicted molar refractivity (Wildman–Crippen MR) is 66.0 cm³/mol. The SMILES string of the molecule is OC(c1ccc(Nc2cc[c]c(F)c2)cc1)C(F)(F)F. The third kappa shape index (κ3) is 3.48. The van der Waals surface area contributed by atoms with Crippen LogP contribution in [0.3, 0.4) is 0 Å². The number of rotatable bonds is 3. The number of hydrogen-bond donors (Lipinski definition) is 2. The normalized spacial score (nSPS) is 13.1. The molecule has 0 aromatic heterocycles. The molecule has 0 spiro atoms. The molecule has 2 rings (SSSR count). The lowest BCUT2D eigenvalue weighted by atomic mass is 10.1. The quantitative estimate of drug-likeness (QED) is 0.836. The molecule has 0 saturated carbocycles. The molecule has 20 heavy (non-hydrogen) atoms.